The van der Waals surface area contributed by atoms with Crippen molar-refractivity contribution >= 4 is 5.97 Å². The van der Waals surface area contributed by atoms with Crippen molar-refractivity contribution in [3.8, 4) is 0 Å². The molecule has 1 radical (unpaired) electrons. The van der Waals surface area contributed by atoms with Crippen LogP contribution in [0.1, 0.15) is 10.5 Å². The number of pyridine rings is 1. The average molecular weight is 136 g/mol. The Morgan fingerprint density at radius 2 is 2.40 bits per heavy atom. The second-order valence-electron chi connectivity index (χ2n) is 1.65. The van der Waals surface area contributed by atoms with Crippen LogP contribution in [0.25, 0.3) is 0 Å². The molecule has 0 aliphatic rings. The number of hydrogen-bond acceptors (Lipinski definition) is 3. The number of carbonyl (C=O) groups is 1. The zero-order valence-electron chi connectivity index (χ0n) is 5.28. The molecular formula is C7H6NO2. The van der Waals surface area contributed by atoms with E-state index in [-0.39, 0.29) is 5.69 Å². The Bertz CT molecular complexity index is 220. The maximum Gasteiger partial charge on any atom is 0.357 e. The summed E-state index contributed by atoms with van der Waals surface area (Å²) in [5, 5.41) is 0. The minimum absolute atomic E-state index is 0.275. The van der Waals surface area contributed by atoms with E-state index in [1.54, 1.807) is 18.2 Å². The lowest BCUT2D eigenvalue weighted by Gasteiger charge is -1.93. The van der Waals surface area contributed by atoms with E-state index in [1.165, 1.54) is 6.20 Å². The van der Waals surface area contributed by atoms with Gasteiger partial charge in [-0.1, -0.05) is 6.07 Å². The smallest absolute Gasteiger partial charge is 0.357 e. The van der Waals surface area contributed by atoms with Crippen LogP contribution in [0, 0.1) is 7.11 Å². The largest absolute Gasteiger partial charge is 0.457 e. The predicted octanol–water partition coefficient (Wildman–Crippen LogP) is 1.03. The highest BCUT2D eigenvalue weighted by atomic mass is 16.5. The molecule has 0 atom stereocenters. The van der Waals surface area contributed by atoms with Crippen LogP contribution in [0.5, 0.6) is 0 Å². The molecule has 51 valence electrons. The molecule has 0 amide bonds. The SMILES string of the molecule is [CH2]OC(=O)c1ccccn1. The van der Waals surface area contributed by atoms with Crippen molar-refractivity contribution < 1.29 is 9.53 Å². The fourth-order valence-corrected chi connectivity index (χ4v) is 0.557. The molecular weight excluding hydrogens is 130 g/mol. The van der Waals surface area contributed by atoms with E-state index in [1.807, 2.05) is 0 Å². The summed E-state index contributed by atoms with van der Waals surface area (Å²) in [7, 11) is 2.97. The van der Waals surface area contributed by atoms with Gasteiger partial charge in [-0.25, -0.2) is 9.78 Å². The summed E-state index contributed by atoms with van der Waals surface area (Å²) in [6.07, 6.45) is 1.52. The van der Waals surface area contributed by atoms with Crippen molar-refractivity contribution in [2.45, 2.75) is 0 Å². The molecule has 0 aliphatic heterocycles. The molecule has 0 N–H and O–H groups in total. The van der Waals surface area contributed by atoms with Crippen molar-refractivity contribution in [2.24, 2.45) is 0 Å². The van der Waals surface area contributed by atoms with E-state index in [0.717, 1.165) is 0 Å². The van der Waals surface area contributed by atoms with E-state index < -0.39 is 5.97 Å². The second kappa shape index (κ2) is 2.96. The molecule has 0 saturated carbocycles. The number of aromatic nitrogens is 1. The number of esters is 1. The molecule has 3 heteroatoms. The number of carbonyl (C=O) groups excluding carboxylic acids is 1. The Balaban J connectivity index is 2.85. The summed E-state index contributed by atoms with van der Waals surface area (Å²) in [6, 6.07) is 4.99. The van der Waals surface area contributed by atoms with Crippen molar-refractivity contribution in [3.63, 3.8) is 0 Å². The summed E-state index contributed by atoms with van der Waals surface area (Å²) in [5.74, 6) is -0.513. The van der Waals surface area contributed by atoms with Crippen LogP contribution in [0.4, 0.5) is 0 Å². The molecule has 1 aromatic rings. The van der Waals surface area contributed by atoms with Gasteiger partial charge in [-0.05, 0) is 12.1 Å². The van der Waals surface area contributed by atoms with Gasteiger partial charge in [0.2, 0.25) is 0 Å². The van der Waals surface area contributed by atoms with Gasteiger partial charge in [0.15, 0.2) is 0 Å². The van der Waals surface area contributed by atoms with Crippen molar-refractivity contribution in [3.05, 3.63) is 37.2 Å². The Hall–Kier alpha value is -1.38. The first kappa shape index (κ1) is 6.74. The van der Waals surface area contributed by atoms with Gasteiger partial charge in [0, 0.05) is 6.20 Å². The van der Waals surface area contributed by atoms with Gasteiger partial charge in [-0.2, -0.15) is 0 Å². The summed E-state index contributed by atoms with van der Waals surface area (Å²) in [5.41, 5.74) is 0.275. The topological polar surface area (TPSA) is 39.2 Å². The number of hydrogen-bond donors (Lipinski definition) is 0. The molecule has 0 fully saturated rings. The zero-order chi connectivity index (χ0) is 7.40. The van der Waals surface area contributed by atoms with Crippen molar-refractivity contribution in [2.75, 3.05) is 0 Å². The van der Waals surface area contributed by atoms with Crippen LogP contribution in [-0.2, 0) is 4.74 Å². The predicted molar refractivity (Wildman–Crippen MR) is 35.0 cm³/mol. The molecule has 0 aliphatic carbocycles. The molecule has 3 nitrogen and oxygen atoms in total. The van der Waals surface area contributed by atoms with Gasteiger partial charge in [0.25, 0.3) is 0 Å². The maximum atomic E-state index is 10.7. The lowest BCUT2D eigenvalue weighted by molar-refractivity contribution is 0.0647. The van der Waals surface area contributed by atoms with E-state index in [0.29, 0.717) is 0 Å². The summed E-state index contributed by atoms with van der Waals surface area (Å²) < 4.78 is 4.18. The quantitative estimate of drug-likeness (QED) is 0.541. The first-order chi connectivity index (χ1) is 4.84. The monoisotopic (exact) mass is 136 g/mol. The van der Waals surface area contributed by atoms with Crippen LogP contribution < -0.4 is 0 Å². The van der Waals surface area contributed by atoms with Crippen molar-refractivity contribution in [1.29, 1.82) is 0 Å². The molecule has 0 unspecified atom stereocenters. The van der Waals surface area contributed by atoms with Crippen LogP contribution in [0.3, 0.4) is 0 Å². The highest BCUT2D eigenvalue weighted by Gasteiger charge is 2.02. The molecule has 1 aromatic heterocycles. The van der Waals surface area contributed by atoms with Gasteiger partial charge in [-0.3, -0.25) is 0 Å². The summed E-state index contributed by atoms with van der Waals surface area (Å²) in [6.45, 7) is 0. The first-order valence-electron chi connectivity index (χ1n) is 2.72. The van der Waals surface area contributed by atoms with Crippen LogP contribution in [0.15, 0.2) is 24.4 Å². The minimum atomic E-state index is -0.513. The van der Waals surface area contributed by atoms with Crippen LogP contribution in [0.2, 0.25) is 0 Å². The fraction of sp³-hybridized carbons (Fsp3) is 0. The number of rotatable bonds is 1. The lowest BCUT2D eigenvalue weighted by Crippen LogP contribution is -2.01. The molecule has 1 rings (SSSR count). The third-order valence-corrected chi connectivity index (χ3v) is 1.01. The van der Waals surface area contributed by atoms with Gasteiger partial charge < -0.3 is 4.74 Å². The molecule has 0 spiro atoms. The number of nitrogens with zero attached hydrogens (tertiary/aromatic N) is 1. The van der Waals surface area contributed by atoms with Crippen LogP contribution >= 0.6 is 0 Å². The third kappa shape index (κ3) is 1.31. The van der Waals surface area contributed by atoms with Gasteiger partial charge in [-0.15, -0.1) is 0 Å². The Morgan fingerprint density at radius 1 is 1.60 bits per heavy atom. The average Bonchev–Trinajstić information content (AvgIpc) is 2.05. The molecule has 0 bridgehead atoms. The summed E-state index contributed by atoms with van der Waals surface area (Å²) >= 11 is 0. The Kier molecular flexibility index (Phi) is 1.99. The first-order valence-corrected chi connectivity index (χ1v) is 2.72. The minimum Gasteiger partial charge on any atom is -0.457 e. The molecule has 10 heavy (non-hydrogen) atoms. The highest BCUT2D eigenvalue weighted by molar-refractivity contribution is 5.87. The van der Waals surface area contributed by atoms with E-state index in [4.69, 9.17) is 0 Å². The van der Waals surface area contributed by atoms with Gasteiger partial charge >= 0.3 is 5.97 Å². The standard InChI is InChI=1S/C7H6NO2/c1-10-7(9)6-4-2-3-5-8-6/h2-5H,1H2. The second-order valence-corrected chi connectivity index (χ2v) is 1.65. The molecule has 1 heterocycles. The van der Waals surface area contributed by atoms with Gasteiger partial charge in [0.05, 0.1) is 0 Å². The van der Waals surface area contributed by atoms with Gasteiger partial charge in [0.1, 0.15) is 12.8 Å². The van der Waals surface area contributed by atoms with Crippen LogP contribution in [-0.4, -0.2) is 11.0 Å². The fourth-order valence-electron chi connectivity index (χ4n) is 0.557. The molecule has 0 aromatic carbocycles. The summed E-state index contributed by atoms with van der Waals surface area (Å²) in [4.78, 5) is 14.4. The third-order valence-electron chi connectivity index (χ3n) is 1.01. The maximum absolute atomic E-state index is 10.7. The van der Waals surface area contributed by atoms with E-state index in [2.05, 4.69) is 16.8 Å². The zero-order valence-corrected chi connectivity index (χ0v) is 5.28. The van der Waals surface area contributed by atoms with E-state index >= 15 is 0 Å². The Morgan fingerprint density at radius 3 is 2.90 bits per heavy atom. The molecule has 0 saturated heterocycles. The number of ether oxygens (including phenoxy) is 1. The van der Waals surface area contributed by atoms with E-state index in [9.17, 15) is 4.79 Å². The normalized spacial score (nSPS) is 8.90. The van der Waals surface area contributed by atoms with Crippen molar-refractivity contribution in [1.82, 2.24) is 4.98 Å². The Labute approximate surface area is 58.7 Å². The lowest BCUT2D eigenvalue weighted by atomic mass is 10.4. The highest BCUT2D eigenvalue weighted by Crippen LogP contribution is 1.94.